The molecule has 96 valence electrons. The molecule has 0 aliphatic rings. The molecule has 0 N–H and O–H groups in total. The monoisotopic (exact) mass is 332 g/mol. The highest BCUT2D eigenvalue weighted by atomic mass is 79.9. The van der Waals surface area contributed by atoms with E-state index in [0.717, 1.165) is 12.8 Å². The molecule has 0 fully saturated rings. The summed E-state index contributed by atoms with van der Waals surface area (Å²) in [5.74, 6) is 0.346. The Morgan fingerprint density at radius 1 is 1.50 bits per heavy atom. The Morgan fingerprint density at radius 3 is 2.94 bits per heavy atom. The average molecular weight is 334 g/mol. The zero-order valence-electron chi connectivity index (χ0n) is 9.66. The number of aromatic nitrogens is 2. The van der Waals surface area contributed by atoms with Crippen LogP contribution in [0.3, 0.4) is 0 Å². The SMILES string of the molecule is CCCC(Cl)c1noc(-c2ccc(Br)c(F)c2)n1. The van der Waals surface area contributed by atoms with Crippen molar-refractivity contribution in [2.24, 2.45) is 0 Å². The Bertz CT molecular complexity index is 547. The topological polar surface area (TPSA) is 38.9 Å². The first-order valence-electron chi connectivity index (χ1n) is 5.55. The zero-order valence-corrected chi connectivity index (χ0v) is 12.0. The van der Waals surface area contributed by atoms with Crippen LogP contribution < -0.4 is 0 Å². The molecule has 2 rings (SSSR count). The fourth-order valence-corrected chi connectivity index (χ4v) is 2.04. The first-order valence-corrected chi connectivity index (χ1v) is 6.78. The lowest BCUT2D eigenvalue weighted by Crippen LogP contribution is -1.92. The Morgan fingerprint density at radius 2 is 2.28 bits per heavy atom. The van der Waals surface area contributed by atoms with Crippen LogP contribution in [0.25, 0.3) is 11.5 Å². The van der Waals surface area contributed by atoms with Crippen molar-refractivity contribution in [3.63, 3.8) is 0 Å². The number of rotatable bonds is 4. The average Bonchev–Trinajstić information content (AvgIpc) is 2.82. The van der Waals surface area contributed by atoms with E-state index in [0.29, 0.717) is 15.9 Å². The van der Waals surface area contributed by atoms with Crippen LogP contribution in [0.4, 0.5) is 4.39 Å². The molecule has 1 unspecified atom stereocenters. The second kappa shape index (κ2) is 5.80. The summed E-state index contributed by atoms with van der Waals surface area (Å²) in [5.41, 5.74) is 0.537. The van der Waals surface area contributed by atoms with E-state index in [4.69, 9.17) is 16.1 Å². The molecule has 0 saturated heterocycles. The molecule has 18 heavy (non-hydrogen) atoms. The smallest absolute Gasteiger partial charge is 0.258 e. The van der Waals surface area contributed by atoms with E-state index in [9.17, 15) is 4.39 Å². The molecule has 0 saturated carbocycles. The molecule has 0 aliphatic heterocycles. The molecule has 1 aromatic carbocycles. The van der Waals surface area contributed by atoms with Crippen molar-refractivity contribution in [3.05, 3.63) is 34.3 Å². The van der Waals surface area contributed by atoms with Crippen molar-refractivity contribution in [3.8, 4) is 11.5 Å². The molecule has 0 bridgehead atoms. The lowest BCUT2D eigenvalue weighted by atomic mass is 10.2. The number of nitrogens with zero attached hydrogens (tertiary/aromatic N) is 2. The van der Waals surface area contributed by atoms with E-state index >= 15 is 0 Å². The van der Waals surface area contributed by atoms with Crippen molar-refractivity contribution < 1.29 is 8.91 Å². The molecule has 0 aliphatic carbocycles. The minimum atomic E-state index is -0.372. The normalized spacial score (nSPS) is 12.7. The van der Waals surface area contributed by atoms with Crippen LogP contribution in [0.2, 0.25) is 0 Å². The second-order valence-corrected chi connectivity index (χ2v) is 5.22. The van der Waals surface area contributed by atoms with Crippen molar-refractivity contribution in [1.29, 1.82) is 0 Å². The van der Waals surface area contributed by atoms with Gasteiger partial charge in [-0.15, -0.1) is 11.6 Å². The van der Waals surface area contributed by atoms with Gasteiger partial charge in [0.2, 0.25) is 0 Å². The van der Waals surface area contributed by atoms with Gasteiger partial charge in [0.15, 0.2) is 5.82 Å². The molecular weight excluding hydrogens is 322 g/mol. The third-order valence-corrected chi connectivity index (χ3v) is 3.49. The fourth-order valence-electron chi connectivity index (χ4n) is 1.49. The summed E-state index contributed by atoms with van der Waals surface area (Å²) in [6, 6.07) is 4.64. The molecule has 6 heteroatoms. The van der Waals surface area contributed by atoms with E-state index in [1.54, 1.807) is 12.1 Å². The summed E-state index contributed by atoms with van der Waals surface area (Å²) in [6.45, 7) is 2.03. The fraction of sp³-hybridized carbons (Fsp3) is 0.333. The van der Waals surface area contributed by atoms with Gasteiger partial charge < -0.3 is 4.52 Å². The number of halogens is 3. The van der Waals surface area contributed by atoms with Gasteiger partial charge in [0.05, 0.1) is 9.85 Å². The predicted molar refractivity (Wildman–Crippen MR) is 70.9 cm³/mol. The van der Waals surface area contributed by atoms with Crippen LogP contribution in [-0.4, -0.2) is 10.1 Å². The highest BCUT2D eigenvalue weighted by Crippen LogP contribution is 2.27. The number of hydrogen-bond acceptors (Lipinski definition) is 3. The molecule has 1 aromatic heterocycles. The maximum absolute atomic E-state index is 13.4. The van der Waals surface area contributed by atoms with E-state index in [-0.39, 0.29) is 17.1 Å². The molecule has 0 radical (unpaired) electrons. The predicted octanol–water partition coefficient (Wildman–Crippen LogP) is 4.72. The van der Waals surface area contributed by atoms with Gasteiger partial charge in [-0.2, -0.15) is 4.98 Å². The summed E-state index contributed by atoms with van der Waals surface area (Å²) in [4.78, 5) is 4.18. The van der Waals surface area contributed by atoms with Gasteiger partial charge in [-0.05, 0) is 40.5 Å². The quantitative estimate of drug-likeness (QED) is 0.760. The van der Waals surface area contributed by atoms with Crippen LogP contribution in [0.15, 0.2) is 27.2 Å². The molecular formula is C12H11BrClFN2O. The maximum Gasteiger partial charge on any atom is 0.258 e. The summed E-state index contributed by atoms with van der Waals surface area (Å²) >= 11 is 9.19. The number of alkyl halides is 1. The van der Waals surface area contributed by atoms with E-state index in [2.05, 4.69) is 26.1 Å². The lowest BCUT2D eigenvalue weighted by molar-refractivity contribution is 0.420. The van der Waals surface area contributed by atoms with Crippen LogP contribution >= 0.6 is 27.5 Å². The second-order valence-electron chi connectivity index (χ2n) is 3.84. The van der Waals surface area contributed by atoms with Gasteiger partial charge >= 0.3 is 0 Å². The van der Waals surface area contributed by atoms with E-state index < -0.39 is 0 Å². The summed E-state index contributed by atoms with van der Waals surface area (Å²) in [7, 11) is 0. The Hall–Kier alpha value is -0.940. The van der Waals surface area contributed by atoms with E-state index in [1.165, 1.54) is 6.07 Å². The largest absolute Gasteiger partial charge is 0.334 e. The Balaban J connectivity index is 2.26. The van der Waals surface area contributed by atoms with Crippen LogP contribution in [0.1, 0.15) is 31.0 Å². The highest BCUT2D eigenvalue weighted by Gasteiger charge is 2.16. The first-order chi connectivity index (χ1) is 8.61. The Kier molecular flexibility index (Phi) is 4.35. The molecule has 0 amide bonds. The van der Waals surface area contributed by atoms with Crippen molar-refractivity contribution in [2.45, 2.75) is 25.1 Å². The van der Waals surface area contributed by atoms with Gasteiger partial charge in [0.1, 0.15) is 5.82 Å². The van der Waals surface area contributed by atoms with Crippen molar-refractivity contribution >= 4 is 27.5 Å². The summed E-state index contributed by atoms with van der Waals surface area (Å²) in [6.07, 6.45) is 1.71. The zero-order chi connectivity index (χ0) is 13.1. The number of benzene rings is 1. The molecule has 3 nitrogen and oxygen atoms in total. The van der Waals surface area contributed by atoms with Crippen LogP contribution in [-0.2, 0) is 0 Å². The minimum Gasteiger partial charge on any atom is -0.334 e. The van der Waals surface area contributed by atoms with Gasteiger partial charge in [-0.3, -0.25) is 0 Å². The first kappa shape index (κ1) is 13.5. The molecule has 2 aromatic rings. The van der Waals surface area contributed by atoms with Gasteiger partial charge in [-0.25, -0.2) is 4.39 Å². The molecule has 0 spiro atoms. The standard InChI is InChI=1S/C12H11BrClFN2O/c1-2-3-9(14)11-16-12(18-17-11)7-4-5-8(13)10(15)6-7/h4-6,9H,2-3H2,1H3. The summed E-state index contributed by atoms with van der Waals surface area (Å²) < 4.78 is 18.9. The molecule has 1 atom stereocenters. The van der Waals surface area contributed by atoms with Gasteiger partial charge in [0, 0.05) is 5.56 Å². The van der Waals surface area contributed by atoms with Crippen LogP contribution in [0, 0.1) is 5.82 Å². The lowest BCUT2D eigenvalue weighted by Gasteiger charge is -1.99. The molecule has 1 heterocycles. The number of hydrogen-bond donors (Lipinski definition) is 0. The summed E-state index contributed by atoms with van der Waals surface area (Å²) in [5, 5.41) is 3.54. The van der Waals surface area contributed by atoms with Crippen molar-refractivity contribution in [2.75, 3.05) is 0 Å². The Labute approximate surface area is 117 Å². The minimum absolute atomic E-state index is 0.271. The van der Waals surface area contributed by atoms with Crippen molar-refractivity contribution in [1.82, 2.24) is 10.1 Å². The van der Waals surface area contributed by atoms with Gasteiger partial charge in [0.25, 0.3) is 5.89 Å². The maximum atomic E-state index is 13.4. The van der Waals surface area contributed by atoms with Gasteiger partial charge in [-0.1, -0.05) is 18.5 Å². The highest BCUT2D eigenvalue weighted by molar-refractivity contribution is 9.10. The van der Waals surface area contributed by atoms with Crippen LogP contribution in [0.5, 0.6) is 0 Å². The van der Waals surface area contributed by atoms with E-state index in [1.807, 2.05) is 6.92 Å². The third kappa shape index (κ3) is 2.90. The third-order valence-electron chi connectivity index (χ3n) is 2.43.